The van der Waals surface area contributed by atoms with E-state index in [9.17, 15) is 9.59 Å². The molecule has 0 radical (unpaired) electrons. The Balaban J connectivity index is 1.62. The van der Waals surface area contributed by atoms with Gasteiger partial charge in [0.1, 0.15) is 12.3 Å². The van der Waals surface area contributed by atoms with E-state index in [1.165, 1.54) is 0 Å². The number of amides is 1. The number of hydrogen-bond acceptors (Lipinski definition) is 8. The van der Waals surface area contributed by atoms with Crippen molar-refractivity contribution in [3.8, 4) is 22.9 Å². The maximum atomic E-state index is 12.5. The van der Waals surface area contributed by atoms with Crippen molar-refractivity contribution in [3.63, 3.8) is 0 Å². The molecular formula is C22H31N5O5. The van der Waals surface area contributed by atoms with Crippen LogP contribution in [0.25, 0.3) is 11.4 Å². The molecule has 0 saturated carbocycles. The fourth-order valence-electron chi connectivity index (χ4n) is 3.38. The number of aryl methyl sites for hydroxylation is 1. The van der Waals surface area contributed by atoms with Gasteiger partial charge in [-0.2, -0.15) is 0 Å². The third-order valence-electron chi connectivity index (χ3n) is 5.32. The SMILES string of the molecule is CCOCCOc1ccc(-c2nnc(CCC(=O)N3CCN(C)CC3)c(=O)[nH]2)cc1OC. The number of likely N-dealkylation sites (N-methyl/N-ethyl adjacent to an activating group) is 1. The van der Waals surface area contributed by atoms with Crippen LogP contribution in [0.15, 0.2) is 23.0 Å². The van der Waals surface area contributed by atoms with E-state index in [2.05, 4.69) is 20.1 Å². The number of piperazine rings is 1. The summed E-state index contributed by atoms with van der Waals surface area (Å²) in [6.45, 7) is 6.59. The van der Waals surface area contributed by atoms with E-state index in [0.717, 1.165) is 13.1 Å². The molecule has 1 aliphatic heterocycles. The summed E-state index contributed by atoms with van der Waals surface area (Å²) in [5.74, 6) is 1.45. The lowest BCUT2D eigenvalue weighted by molar-refractivity contribution is -0.132. The first kappa shape index (κ1) is 23.7. The molecule has 1 aromatic carbocycles. The van der Waals surface area contributed by atoms with Crippen LogP contribution in [0, 0.1) is 0 Å². The Morgan fingerprint density at radius 3 is 2.59 bits per heavy atom. The number of aromatic amines is 1. The third kappa shape index (κ3) is 6.27. The van der Waals surface area contributed by atoms with E-state index in [-0.39, 0.29) is 30.0 Å². The molecule has 10 nitrogen and oxygen atoms in total. The number of ether oxygens (including phenoxy) is 3. The standard InChI is InChI=1S/C22H31N5O5/c1-4-31-13-14-32-18-7-5-16(15-19(18)30-3)21-23-22(29)17(24-25-21)6-8-20(28)27-11-9-26(2)10-12-27/h5,7,15H,4,6,8-14H2,1-3H3,(H,23,25,29). The molecule has 0 atom stereocenters. The van der Waals surface area contributed by atoms with E-state index in [1.807, 2.05) is 18.9 Å². The van der Waals surface area contributed by atoms with Crippen LogP contribution < -0.4 is 15.0 Å². The van der Waals surface area contributed by atoms with Gasteiger partial charge < -0.3 is 29.0 Å². The minimum Gasteiger partial charge on any atom is -0.493 e. The molecule has 0 spiro atoms. The Hall–Kier alpha value is -2.98. The molecule has 1 N–H and O–H groups in total. The minimum absolute atomic E-state index is 0.0352. The zero-order valence-corrected chi connectivity index (χ0v) is 18.9. The van der Waals surface area contributed by atoms with Crippen molar-refractivity contribution in [1.82, 2.24) is 25.0 Å². The fourth-order valence-corrected chi connectivity index (χ4v) is 3.38. The molecule has 0 bridgehead atoms. The van der Waals surface area contributed by atoms with Gasteiger partial charge in [-0.25, -0.2) is 0 Å². The summed E-state index contributed by atoms with van der Waals surface area (Å²) in [6.07, 6.45) is 0.492. The Bertz CT molecular complexity index is 956. The number of nitrogens with one attached hydrogen (secondary N) is 1. The fraction of sp³-hybridized carbons (Fsp3) is 0.545. The summed E-state index contributed by atoms with van der Waals surface area (Å²) in [4.78, 5) is 31.7. The monoisotopic (exact) mass is 445 g/mol. The molecule has 1 saturated heterocycles. The average molecular weight is 446 g/mol. The summed E-state index contributed by atoms with van der Waals surface area (Å²) in [5.41, 5.74) is 0.542. The van der Waals surface area contributed by atoms with Gasteiger partial charge in [0.15, 0.2) is 17.3 Å². The van der Waals surface area contributed by atoms with Crippen LogP contribution in [0.4, 0.5) is 0 Å². The number of benzene rings is 1. The summed E-state index contributed by atoms with van der Waals surface area (Å²) in [5, 5.41) is 8.22. The molecule has 1 aromatic heterocycles. The van der Waals surface area contributed by atoms with E-state index >= 15 is 0 Å². The van der Waals surface area contributed by atoms with Crippen LogP contribution in [0.1, 0.15) is 19.0 Å². The highest BCUT2D eigenvalue weighted by Crippen LogP contribution is 2.31. The number of carbonyl (C=O) groups excluding carboxylic acids is 1. The van der Waals surface area contributed by atoms with Crippen LogP contribution in [0.3, 0.4) is 0 Å². The zero-order valence-electron chi connectivity index (χ0n) is 18.9. The molecule has 2 heterocycles. The predicted molar refractivity (Wildman–Crippen MR) is 119 cm³/mol. The van der Waals surface area contributed by atoms with Crippen molar-refractivity contribution in [2.75, 3.05) is 60.2 Å². The van der Waals surface area contributed by atoms with Crippen LogP contribution >= 0.6 is 0 Å². The second-order valence-electron chi connectivity index (χ2n) is 7.54. The van der Waals surface area contributed by atoms with Crippen molar-refractivity contribution in [3.05, 3.63) is 34.2 Å². The largest absolute Gasteiger partial charge is 0.493 e. The van der Waals surface area contributed by atoms with Crippen molar-refractivity contribution < 1.29 is 19.0 Å². The van der Waals surface area contributed by atoms with Gasteiger partial charge in [0.05, 0.1) is 13.7 Å². The van der Waals surface area contributed by atoms with Crippen LogP contribution in [0.2, 0.25) is 0 Å². The molecule has 0 unspecified atom stereocenters. The highest BCUT2D eigenvalue weighted by Gasteiger charge is 2.19. The van der Waals surface area contributed by atoms with E-state index in [1.54, 1.807) is 25.3 Å². The molecule has 1 fully saturated rings. The lowest BCUT2D eigenvalue weighted by atomic mass is 10.2. The maximum absolute atomic E-state index is 12.5. The van der Waals surface area contributed by atoms with Crippen LogP contribution in [-0.2, 0) is 16.0 Å². The third-order valence-corrected chi connectivity index (χ3v) is 5.32. The molecule has 32 heavy (non-hydrogen) atoms. The predicted octanol–water partition coefficient (Wildman–Crippen LogP) is 0.962. The van der Waals surface area contributed by atoms with Crippen molar-refractivity contribution in [1.29, 1.82) is 0 Å². The van der Waals surface area contributed by atoms with E-state index < -0.39 is 0 Å². The molecule has 2 aromatic rings. The van der Waals surface area contributed by atoms with Crippen molar-refractivity contribution >= 4 is 5.91 Å². The van der Waals surface area contributed by atoms with Gasteiger partial charge in [-0.15, -0.1) is 10.2 Å². The molecule has 0 aliphatic carbocycles. The van der Waals surface area contributed by atoms with Crippen LogP contribution in [-0.4, -0.2) is 91.0 Å². The van der Waals surface area contributed by atoms with Gasteiger partial charge in [-0.3, -0.25) is 9.59 Å². The van der Waals surface area contributed by atoms with E-state index in [0.29, 0.717) is 55.8 Å². The van der Waals surface area contributed by atoms with E-state index in [4.69, 9.17) is 14.2 Å². The Morgan fingerprint density at radius 2 is 1.91 bits per heavy atom. The van der Waals surface area contributed by atoms with Gasteiger partial charge >= 0.3 is 0 Å². The second-order valence-corrected chi connectivity index (χ2v) is 7.54. The average Bonchev–Trinajstić information content (AvgIpc) is 2.81. The maximum Gasteiger partial charge on any atom is 0.273 e. The molecule has 174 valence electrons. The first-order valence-corrected chi connectivity index (χ1v) is 10.8. The quantitative estimate of drug-likeness (QED) is 0.539. The number of H-pyrrole nitrogens is 1. The van der Waals surface area contributed by atoms with Crippen LogP contribution in [0.5, 0.6) is 11.5 Å². The lowest BCUT2D eigenvalue weighted by Gasteiger charge is -2.32. The Kier molecular flexibility index (Phi) is 8.57. The van der Waals surface area contributed by atoms with Gasteiger partial charge in [-0.1, -0.05) is 0 Å². The molecule has 3 rings (SSSR count). The molecular weight excluding hydrogens is 414 g/mol. The smallest absolute Gasteiger partial charge is 0.273 e. The van der Waals surface area contributed by atoms with Gasteiger partial charge in [0.25, 0.3) is 5.56 Å². The van der Waals surface area contributed by atoms with Crippen molar-refractivity contribution in [2.45, 2.75) is 19.8 Å². The lowest BCUT2D eigenvalue weighted by Crippen LogP contribution is -2.47. The van der Waals surface area contributed by atoms with Gasteiger partial charge in [0, 0.05) is 51.2 Å². The summed E-state index contributed by atoms with van der Waals surface area (Å²) >= 11 is 0. The highest BCUT2D eigenvalue weighted by molar-refractivity contribution is 5.76. The second kappa shape index (κ2) is 11.6. The normalized spacial score (nSPS) is 14.4. The zero-order chi connectivity index (χ0) is 22.9. The number of methoxy groups -OCH3 is 1. The number of aromatic nitrogens is 3. The number of nitrogens with zero attached hydrogens (tertiary/aromatic N) is 4. The number of carbonyl (C=O) groups is 1. The first-order chi connectivity index (χ1) is 15.5. The topological polar surface area (TPSA) is 110 Å². The Morgan fingerprint density at radius 1 is 1.12 bits per heavy atom. The minimum atomic E-state index is -0.350. The molecule has 1 aliphatic rings. The highest BCUT2D eigenvalue weighted by atomic mass is 16.5. The number of hydrogen-bond donors (Lipinski definition) is 1. The molecule has 1 amide bonds. The van der Waals surface area contributed by atoms with Gasteiger partial charge in [0.2, 0.25) is 5.91 Å². The van der Waals surface area contributed by atoms with Crippen molar-refractivity contribution in [2.24, 2.45) is 0 Å². The van der Waals surface area contributed by atoms with Gasteiger partial charge in [-0.05, 0) is 32.2 Å². The first-order valence-electron chi connectivity index (χ1n) is 10.8. The number of rotatable bonds is 10. The Labute approximate surface area is 187 Å². The summed E-state index contributed by atoms with van der Waals surface area (Å²) in [7, 11) is 3.58. The molecule has 10 heteroatoms. The summed E-state index contributed by atoms with van der Waals surface area (Å²) < 4.78 is 16.3. The summed E-state index contributed by atoms with van der Waals surface area (Å²) in [6, 6.07) is 5.25.